The normalized spacial score (nSPS) is 28.2. The average Bonchev–Trinajstić information content (AvgIpc) is 2.28. The fourth-order valence-electron chi connectivity index (χ4n) is 3.06. The van der Waals surface area contributed by atoms with E-state index in [1.807, 2.05) is 0 Å². The Balaban J connectivity index is 2.26. The summed E-state index contributed by atoms with van der Waals surface area (Å²) in [5.74, 6) is 1.68. The van der Waals surface area contributed by atoms with Crippen LogP contribution >= 0.6 is 0 Å². The van der Waals surface area contributed by atoms with E-state index >= 15 is 0 Å². The largest absolute Gasteiger partial charge is 0.314 e. The molecule has 3 atom stereocenters. The fourth-order valence-corrected chi connectivity index (χ4v) is 3.06. The van der Waals surface area contributed by atoms with Crippen LogP contribution in [-0.2, 0) is 0 Å². The van der Waals surface area contributed by atoms with Crippen LogP contribution in [0.25, 0.3) is 0 Å². The number of hydrogen-bond acceptors (Lipinski definition) is 2. The zero-order valence-corrected chi connectivity index (χ0v) is 12.3. The standard InChI is InChI=1S/C15H32N2/c1-5-7-13(3)11-17-10-8-15(14(4)12-17)16-9-6-2/h13-16H,5-12H2,1-4H3. The van der Waals surface area contributed by atoms with Crippen molar-refractivity contribution in [3.05, 3.63) is 0 Å². The Bertz CT molecular complexity index is 193. The number of rotatable bonds is 7. The molecule has 0 aromatic carbocycles. The topological polar surface area (TPSA) is 15.3 Å². The van der Waals surface area contributed by atoms with Gasteiger partial charge in [-0.25, -0.2) is 0 Å². The predicted octanol–water partition coefficient (Wildman–Crippen LogP) is 3.13. The molecule has 1 N–H and O–H groups in total. The first-order valence-electron chi connectivity index (χ1n) is 7.63. The Morgan fingerprint density at radius 2 is 2.06 bits per heavy atom. The molecule has 3 unspecified atom stereocenters. The Morgan fingerprint density at radius 3 is 2.65 bits per heavy atom. The van der Waals surface area contributed by atoms with Gasteiger partial charge in [0, 0.05) is 19.1 Å². The van der Waals surface area contributed by atoms with Gasteiger partial charge < -0.3 is 10.2 Å². The van der Waals surface area contributed by atoms with Crippen molar-refractivity contribution in [1.82, 2.24) is 10.2 Å². The van der Waals surface area contributed by atoms with Gasteiger partial charge in [-0.3, -0.25) is 0 Å². The van der Waals surface area contributed by atoms with Crippen LogP contribution in [0.2, 0.25) is 0 Å². The molecular formula is C15H32N2. The van der Waals surface area contributed by atoms with Gasteiger partial charge >= 0.3 is 0 Å². The van der Waals surface area contributed by atoms with Crippen molar-refractivity contribution in [3.63, 3.8) is 0 Å². The molecule has 0 amide bonds. The summed E-state index contributed by atoms with van der Waals surface area (Å²) >= 11 is 0. The summed E-state index contributed by atoms with van der Waals surface area (Å²) in [6, 6.07) is 0.757. The average molecular weight is 240 g/mol. The number of hydrogen-bond donors (Lipinski definition) is 1. The van der Waals surface area contributed by atoms with E-state index in [9.17, 15) is 0 Å². The highest BCUT2D eigenvalue weighted by atomic mass is 15.1. The quantitative estimate of drug-likeness (QED) is 0.735. The summed E-state index contributed by atoms with van der Waals surface area (Å²) in [4.78, 5) is 2.68. The molecule has 17 heavy (non-hydrogen) atoms. The van der Waals surface area contributed by atoms with Crippen LogP contribution in [-0.4, -0.2) is 37.1 Å². The third kappa shape index (κ3) is 5.39. The van der Waals surface area contributed by atoms with E-state index in [1.54, 1.807) is 0 Å². The first kappa shape index (κ1) is 15.0. The second kappa shape index (κ2) is 8.10. The van der Waals surface area contributed by atoms with E-state index in [2.05, 4.69) is 37.9 Å². The summed E-state index contributed by atoms with van der Waals surface area (Å²) in [7, 11) is 0. The smallest absolute Gasteiger partial charge is 0.0117 e. The minimum atomic E-state index is 0.757. The second-order valence-corrected chi connectivity index (χ2v) is 5.98. The van der Waals surface area contributed by atoms with Crippen LogP contribution in [0.5, 0.6) is 0 Å². The van der Waals surface area contributed by atoms with Gasteiger partial charge in [0.05, 0.1) is 0 Å². The molecule has 1 heterocycles. The van der Waals surface area contributed by atoms with Crippen molar-refractivity contribution in [1.29, 1.82) is 0 Å². The van der Waals surface area contributed by atoms with Crippen molar-refractivity contribution in [2.45, 2.75) is 59.4 Å². The van der Waals surface area contributed by atoms with Crippen molar-refractivity contribution < 1.29 is 0 Å². The van der Waals surface area contributed by atoms with E-state index in [-0.39, 0.29) is 0 Å². The van der Waals surface area contributed by atoms with Gasteiger partial charge in [0.1, 0.15) is 0 Å². The second-order valence-electron chi connectivity index (χ2n) is 5.98. The monoisotopic (exact) mass is 240 g/mol. The summed E-state index contributed by atoms with van der Waals surface area (Å²) in [5, 5.41) is 3.69. The summed E-state index contributed by atoms with van der Waals surface area (Å²) < 4.78 is 0. The number of piperidine rings is 1. The Morgan fingerprint density at radius 1 is 1.29 bits per heavy atom. The van der Waals surface area contributed by atoms with Gasteiger partial charge in [-0.05, 0) is 44.2 Å². The third-order valence-corrected chi connectivity index (χ3v) is 4.00. The first-order chi connectivity index (χ1) is 8.17. The molecule has 1 rings (SSSR count). The zero-order valence-electron chi connectivity index (χ0n) is 12.3. The maximum atomic E-state index is 3.69. The van der Waals surface area contributed by atoms with Crippen LogP contribution in [0.15, 0.2) is 0 Å². The van der Waals surface area contributed by atoms with E-state index < -0.39 is 0 Å². The maximum absolute atomic E-state index is 3.69. The predicted molar refractivity (Wildman–Crippen MR) is 76.4 cm³/mol. The molecule has 2 nitrogen and oxygen atoms in total. The Kier molecular flexibility index (Phi) is 7.14. The highest BCUT2D eigenvalue weighted by Gasteiger charge is 2.25. The molecule has 0 aromatic rings. The Hall–Kier alpha value is -0.0800. The van der Waals surface area contributed by atoms with Crippen LogP contribution in [0.3, 0.4) is 0 Å². The lowest BCUT2D eigenvalue weighted by atomic mass is 9.92. The lowest BCUT2D eigenvalue weighted by molar-refractivity contribution is 0.130. The SMILES string of the molecule is CCCNC1CCN(CC(C)CCC)CC1C. The number of nitrogens with zero attached hydrogens (tertiary/aromatic N) is 1. The van der Waals surface area contributed by atoms with E-state index in [0.29, 0.717) is 0 Å². The minimum absolute atomic E-state index is 0.757. The third-order valence-electron chi connectivity index (χ3n) is 4.00. The van der Waals surface area contributed by atoms with Crippen molar-refractivity contribution >= 4 is 0 Å². The van der Waals surface area contributed by atoms with E-state index in [1.165, 1.54) is 51.9 Å². The molecule has 0 saturated carbocycles. The molecule has 102 valence electrons. The lowest BCUT2D eigenvalue weighted by Crippen LogP contribution is -2.49. The lowest BCUT2D eigenvalue weighted by Gasteiger charge is -2.38. The van der Waals surface area contributed by atoms with Gasteiger partial charge in [0.15, 0.2) is 0 Å². The fraction of sp³-hybridized carbons (Fsp3) is 1.00. The van der Waals surface area contributed by atoms with Gasteiger partial charge in [0.25, 0.3) is 0 Å². The summed E-state index contributed by atoms with van der Waals surface area (Å²) in [6.45, 7) is 14.4. The van der Waals surface area contributed by atoms with E-state index in [0.717, 1.165) is 17.9 Å². The van der Waals surface area contributed by atoms with Crippen LogP contribution in [0, 0.1) is 11.8 Å². The highest BCUT2D eigenvalue weighted by molar-refractivity contribution is 4.83. The molecule has 2 heteroatoms. The van der Waals surface area contributed by atoms with Crippen molar-refractivity contribution in [2.24, 2.45) is 11.8 Å². The molecule has 1 fully saturated rings. The van der Waals surface area contributed by atoms with Crippen LogP contribution in [0.4, 0.5) is 0 Å². The summed E-state index contributed by atoms with van der Waals surface area (Å²) in [6.07, 6.45) is 5.29. The number of nitrogens with one attached hydrogen (secondary N) is 1. The van der Waals surface area contributed by atoms with E-state index in [4.69, 9.17) is 0 Å². The molecule has 1 aliphatic rings. The zero-order chi connectivity index (χ0) is 12.7. The molecule has 0 radical (unpaired) electrons. The molecular weight excluding hydrogens is 208 g/mol. The highest BCUT2D eigenvalue weighted by Crippen LogP contribution is 2.19. The molecule has 1 aliphatic heterocycles. The van der Waals surface area contributed by atoms with Gasteiger partial charge in [0.2, 0.25) is 0 Å². The molecule has 0 aliphatic carbocycles. The van der Waals surface area contributed by atoms with Gasteiger partial charge in [-0.1, -0.05) is 34.1 Å². The van der Waals surface area contributed by atoms with Crippen LogP contribution < -0.4 is 5.32 Å². The van der Waals surface area contributed by atoms with Crippen molar-refractivity contribution in [2.75, 3.05) is 26.2 Å². The Labute approximate surface area is 108 Å². The molecule has 0 bridgehead atoms. The summed E-state index contributed by atoms with van der Waals surface area (Å²) in [5.41, 5.74) is 0. The molecule has 0 aromatic heterocycles. The van der Waals surface area contributed by atoms with Gasteiger partial charge in [-0.15, -0.1) is 0 Å². The number of likely N-dealkylation sites (tertiary alicyclic amines) is 1. The van der Waals surface area contributed by atoms with Crippen LogP contribution in [0.1, 0.15) is 53.4 Å². The maximum Gasteiger partial charge on any atom is 0.0117 e. The van der Waals surface area contributed by atoms with Gasteiger partial charge in [-0.2, -0.15) is 0 Å². The molecule has 0 spiro atoms. The molecule has 1 saturated heterocycles. The van der Waals surface area contributed by atoms with Crippen molar-refractivity contribution in [3.8, 4) is 0 Å². The first-order valence-corrected chi connectivity index (χ1v) is 7.63. The minimum Gasteiger partial charge on any atom is -0.314 e.